The molecule has 0 saturated carbocycles. The summed E-state index contributed by atoms with van der Waals surface area (Å²) in [5, 5.41) is 7.16. The van der Waals surface area contributed by atoms with Crippen LogP contribution in [-0.2, 0) is 0 Å². The molecular formula is C62H41NO. The van der Waals surface area contributed by atoms with Gasteiger partial charge in [-0.05, 0) is 138 Å². The largest absolute Gasteiger partial charge is 0.456 e. The molecule has 0 saturated heterocycles. The van der Waals surface area contributed by atoms with Gasteiger partial charge < -0.3 is 9.32 Å². The molecule has 0 bridgehead atoms. The van der Waals surface area contributed by atoms with Crippen molar-refractivity contribution >= 4 is 60.5 Å². The Morgan fingerprint density at radius 3 is 1.14 bits per heavy atom. The van der Waals surface area contributed by atoms with Crippen LogP contribution in [-0.4, -0.2) is 0 Å². The number of hydrogen-bond donors (Lipinski definition) is 0. The molecule has 64 heavy (non-hydrogen) atoms. The summed E-state index contributed by atoms with van der Waals surface area (Å²) in [6.07, 6.45) is 0. The lowest BCUT2D eigenvalue weighted by molar-refractivity contribution is 0.669. The highest BCUT2D eigenvalue weighted by atomic mass is 16.3. The van der Waals surface area contributed by atoms with Gasteiger partial charge in [0.2, 0.25) is 0 Å². The number of rotatable bonds is 8. The van der Waals surface area contributed by atoms with Crippen molar-refractivity contribution in [1.29, 1.82) is 0 Å². The molecule has 12 rings (SSSR count). The molecule has 0 fully saturated rings. The number of nitrogens with zero attached hydrogens (tertiary/aromatic N) is 1. The third-order valence-electron chi connectivity index (χ3n) is 12.7. The second kappa shape index (κ2) is 15.8. The molecule has 0 aliphatic heterocycles. The van der Waals surface area contributed by atoms with E-state index in [1.165, 1.54) is 77.2 Å². The van der Waals surface area contributed by atoms with Crippen LogP contribution in [0.3, 0.4) is 0 Å². The fraction of sp³-hybridized carbons (Fsp3) is 0. The monoisotopic (exact) mass is 815 g/mol. The van der Waals surface area contributed by atoms with Gasteiger partial charge in [0.05, 0.1) is 0 Å². The SMILES string of the molecule is c1ccc(-c2ccc(-c3ccc(N(c4ccc(-c5ccc(-c6ccccc6)cc5)cc4)c4ccc5c(ccc6cc(-c7ccc8oc9ccccc9c8c7)ccc65)c4)cc3)cc2)cc1. The van der Waals surface area contributed by atoms with E-state index in [0.717, 1.165) is 39.0 Å². The first-order valence-corrected chi connectivity index (χ1v) is 21.9. The van der Waals surface area contributed by atoms with Gasteiger partial charge in [0.15, 0.2) is 0 Å². The van der Waals surface area contributed by atoms with E-state index in [0.29, 0.717) is 0 Å². The molecule has 0 N–H and O–H groups in total. The molecule has 0 spiro atoms. The molecule has 300 valence electrons. The van der Waals surface area contributed by atoms with E-state index in [1.54, 1.807) is 0 Å². The summed E-state index contributed by atoms with van der Waals surface area (Å²) in [5.74, 6) is 0. The second-order valence-electron chi connectivity index (χ2n) is 16.5. The number of furan rings is 1. The van der Waals surface area contributed by atoms with Crippen molar-refractivity contribution in [3.8, 4) is 55.6 Å². The van der Waals surface area contributed by atoms with Crippen LogP contribution in [0.1, 0.15) is 0 Å². The lowest BCUT2D eigenvalue weighted by atomic mass is 9.96. The average molecular weight is 816 g/mol. The van der Waals surface area contributed by atoms with Crippen LogP contribution in [0.2, 0.25) is 0 Å². The van der Waals surface area contributed by atoms with Crippen LogP contribution in [0, 0.1) is 0 Å². The van der Waals surface area contributed by atoms with Gasteiger partial charge in [-0.1, -0.05) is 188 Å². The van der Waals surface area contributed by atoms with Gasteiger partial charge in [-0.2, -0.15) is 0 Å². The van der Waals surface area contributed by atoms with Gasteiger partial charge in [-0.25, -0.2) is 0 Å². The minimum Gasteiger partial charge on any atom is -0.456 e. The van der Waals surface area contributed by atoms with Crippen molar-refractivity contribution in [3.63, 3.8) is 0 Å². The van der Waals surface area contributed by atoms with Gasteiger partial charge in [-0.3, -0.25) is 0 Å². The Morgan fingerprint density at radius 1 is 0.219 bits per heavy atom. The average Bonchev–Trinajstić information content (AvgIpc) is 3.75. The van der Waals surface area contributed by atoms with Gasteiger partial charge in [0.1, 0.15) is 11.2 Å². The Labute approximate surface area is 372 Å². The second-order valence-corrected chi connectivity index (χ2v) is 16.5. The summed E-state index contributed by atoms with van der Waals surface area (Å²) in [6, 6.07) is 89.7. The number of benzene rings is 11. The maximum absolute atomic E-state index is 6.12. The molecule has 0 aliphatic carbocycles. The van der Waals surface area contributed by atoms with E-state index in [9.17, 15) is 0 Å². The minimum absolute atomic E-state index is 0.913. The third kappa shape index (κ3) is 6.88. The van der Waals surface area contributed by atoms with Crippen LogP contribution in [0.5, 0.6) is 0 Å². The van der Waals surface area contributed by atoms with Crippen LogP contribution >= 0.6 is 0 Å². The maximum atomic E-state index is 6.12. The Bertz CT molecular complexity index is 3480. The molecule has 12 aromatic rings. The Hall–Kier alpha value is -8.46. The Morgan fingerprint density at radius 2 is 0.594 bits per heavy atom. The van der Waals surface area contributed by atoms with Crippen molar-refractivity contribution in [3.05, 3.63) is 249 Å². The van der Waals surface area contributed by atoms with Gasteiger partial charge in [0, 0.05) is 27.8 Å². The summed E-state index contributed by atoms with van der Waals surface area (Å²) >= 11 is 0. The van der Waals surface area contributed by atoms with E-state index < -0.39 is 0 Å². The van der Waals surface area contributed by atoms with Gasteiger partial charge >= 0.3 is 0 Å². The van der Waals surface area contributed by atoms with Crippen LogP contribution < -0.4 is 4.90 Å². The maximum Gasteiger partial charge on any atom is 0.135 e. The molecule has 0 aliphatic rings. The molecule has 1 heterocycles. The predicted octanol–water partition coefficient (Wildman–Crippen LogP) is 17.7. The molecule has 0 amide bonds. The van der Waals surface area contributed by atoms with Crippen molar-refractivity contribution in [2.75, 3.05) is 4.90 Å². The molecule has 2 nitrogen and oxygen atoms in total. The highest BCUT2D eigenvalue weighted by Gasteiger charge is 2.16. The zero-order valence-electron chi connectivity index (χ0n) is 35.0. The predicted molar refractivity (Wildman–Crippen MR) is 271 cm³/mol. The van der Waals surface area contributed by atoms with E-state index >= 15 is 0 Å². The number of para-hydroxylation sites is 1. The van der Waals surface area contributed by atoms with Crippen molar-refractivity contribution in [2.24, 2.45) is 0 Å². The summed E-state index contributed by atoms with van der Waals surface area (Å²) in [6.45, 7) is 0. The summed E-state index contributed by atoms with van der Waals surface area (Å²) in [7, 11) is 0. The summed E-state index contributed by atoms with van der Waals surface area (Å²) in [5.41, 5.74) is 17.1. The Kier molecular flexibility index (Phi) is 9.20. The first kappa shape index (κ1) is 37.3. The third-order valence-corrected chi connectivity index (χ3v) is 12.7. The Balaban J connectivity index is 0.893. The first-order valence-electron chi connectivity index (χ1n) is 21.9. The summed E-state index contributed by atoms with van der Waals surface area (Å²) < 4.78 is 6.12. The van der Waals surface area contributed by atoms with Crippen LogP contribution in [0.4, 0.5) is 17.1 Å². The number of fused-ring (bicyclic) bond motifs is 6. The topological polar surface area (TPSA) is 16.4 Å². The normalized spacial score (nSPS) is 11.4. The molecule has 1 aromatic heterocycles. The van der Waals surface area contributed by atoms with Crippen molar-refractivity contribution < 1.29 is 4.42 Å². The fourth-order valence-electron chi connectivity index (χ4n) is 9.31. The molecular weight excluding hydrogens is 775 g/mol. The fourth-order valence-corrected chi connectivity index (χ4v) is 9.31. The highest BCUT2D eigenvalue weighted by Crippen LogP contribution is 2.40. The summed E-state index contributed by atoms with van der Waals surface area (Å²) in [4.78, 5) is 2.37. The first-order chi connectivity index (χ1) is 31.7. The highest BCUT2D eigenvalue weighted by molar-refractivity contribution is 6.10. The van der Waals surface area contributed by atoms with Crippen molar-refractivity contribution in [1.82, 2.24) is 0 Å². The van der Waals surface area contributed by atoms with E-state index in [4.69, 9.17) is 4.42 Å². The molecule has 0 atom stereocenters. The molecule has 2 heteroatoms. The van der Waals surface area contributed by atoms with E-state index in [-0.39, 0.29) is 0 Å². The lowest BCUT2D eigenvalue weighted by Gasteiger charge is -2.26. The van der Waals surface area contributed by atoms with E-state index in [2.05, 4.69) is 241 Å². The zero-order valence-corrected chi connectivity index (χ0v) is 35.0. The standard InChI is InChI=1S/C62H41NO/c1-3-9-42(10-4-1)44-15-19-46(20-16-44)48-25-31-54(32-26-48)63(55-33-27-49(28-34-55)47-21-17-45(18-22-47)43-11-5-2-6-12-43)56-35-37-58-53(40-56)24-23-52-39-50(29-36-57(52)58)51-30-38-62-60(41-51)59-13-7-8-14-61(59)64-62/h1-41H. The molecule has 11 aromatic carbocycles. The van der Waals surface area contributed by atoms with Crippen molar-refractivity contribution in [2.45, 2.75) is 0 Å². The van der Waals surface area contributed by atoms with E-state index in [1.807, 2.05) is 12.1 Å². The minimum atomic E-state index is 0.913. The zero-order chi connectivity index (χ0) is 42.4. The number of hydrogen-bond acceptors (Lipinski definition) is 2. The molecule has 0 unspecified atom stereocenters. The van der Waals surface area contributed by atoms with Gasteiger partial charge in [-0.15, -0.1) is 0 Å². The van der Waals surface area contributed by atoms with Crippen LogP contribution in [0.25, 0.3) is 99.1 Å². The quantitative estimate of drug-likeness (QED) is 0.142. The van der Waals surface area contributed by atoms with Crippen LogP contribution in [0.15, 0.2) is 253 Å². The lowest BCUT2D eigenvalue weighted by Crippen LogP contribution is -2.09. The number of anilines is 3. The smallest absolute Gasteiger partial charge is 0.135 e. The molecule has 0 radical (unpaired) electrons. The van der Waals surface area contributed by atoms with Gasteiger partial charge in [0.25, 0.3) is 0 Å².